The van der Waals surface area contributed by atoms with Crippen LogP contribution in [0.5, 0.6) is 0 Å². The van der Waals surface area contributed by atoms with Crippen molar-refractivity contribution in [3.8, 4) is 0 Å². The molecule has 0 aliphatic heterocycles. The summed E-state index contributed by atoms with van der Waals surface area (Å²) in [5.74, 6) is -0.150. The van der Waals surface area contributed by atoms with Gasteiger partial charge in [-0.2, -0.15) is 0 Å². The molecule has 0 saturated heterocycles. The van der Waals surface area contributed by atoms with Crippen molar-refractivity contribution in [3.63, 3.8) is 0 Å². The lowest BCUT2D eigenvalue weighted by atomic mass is 9.90. The zero-order valence-electron chi connectivity index (χ0n) is 9.75. The third-order valence-corrected chi connectivity index (χ3v) is 3.52. The van der Waals surface area contributed by atoms with Crippen molar-refractivity contribution in [2.45, 2.75) is 24.9 Å². The average Bonchev–Trinajstić information content (AvgIpc) is 3.07. The van der Waals surface area contributed by atoms with E-state index in [1.165, 1.54) is 6.07 Å². The summed E-state index contributed by atoms with van der Waals surface area (Å²) in [6.45, 7) is 0.298. The van der Waals surface area contributed by atoms with Crippen LogP contribution < -0.4 is 0 Å². The Balaban J connectivity index is 2.14. The average molecular weight is 259 g/mol. The first-order valence-electron chi connectivity index (χ1n) is 5.70. The molecule has 0 radical (unpaired) electrons. The van der Waals surface area contributed by atoms with E-state index in [4.69, 9.17) is 16.3 Å². The van der Waals surface area contributed by atoms with Gasteiger partial charge >= 0.3 is 0 Å². The Labute approximate surface area is 105 Å². The molecular weight excluding hydrogens is 243 g/mol. The van der Waals surface area contributed by atoms with Gasteiger partial charge in [0.25, 0.3) is 0 Å². The number of methoxy groups -OCH3 is 1. The molecule has 94 valence electrons. The molecule has 1 atom stereocenters. The van der Waals surface area contributed by atoms with E-state index < -0.39 is 11.4 Å². The van der Waals surface area contributed by atoms with Crippen LogP contribution in [0.25, 0.3) is 0 Å². The van der Waals surface area contributed by atoms with Crippen LogP contribution >= 0.6 is 11.6 Å². The molecular formula is C13H16ClFO2. The summed E-state index contributed by atoms with van der Waals surface area (Å²) in [7, 11) is 1.57. The Kier molecular flexibility index (Phi) is 3.71. The molecule has 2 rings (SSSR count). The first kappa shape index (κ1) is 12.8. The van der Waals surface area contributed by atoms with Crippen molar-refractivity contribution in [1.29, 1.82) is 0 Å². The first-order valence-corrected chi connectivity index (χ1v) is 6.08. The molecule has 1 fully saturated rings. The maximum absolute atomic E-state index is 13.0. The van der Waals surface area contributed by atoms with Gasteiger partial charge in [-0.3, -0.25) is 0 Å². The molecule has 1 aliphatic carbocycles. The largest absolute Gasteiger partial charge is 0.387 e. The summed E-state index contributed by atoms with van der Waals surface area (Å²) >= 11 is 5.73. The fourth-order valence-corrected chi connectivity index (χ4v) is 2.39. The number of hydrogen-bond acceptors (Lipinski definition) is 2. The lowest BCUT2D eigenvalue weighted by molar-refractivity contribution is -0.0474. The number of benzene rings is 1. The van der Waals surface area contributed by atoms with Crippen LogP contribution in [0.3, 0.4) is 0 Å². The highest BCUT2D eigenvalue weighted by atomic mass is 35.5. The monoisotopic (exact) mass is 258 g/mol. The number of halogens is 2. The van der Waals surface area contributed by atoms with Crippen LogP contribution in [0.15, 0.2) is 18.2 Å². The topological polar surface area (TPSA) is 29.5 Å². The van der Waals surface area contributed by atoms with Gasteiger partial charge in [0.2, 0.25) is 0 Å². The van der Waals surface area contributed by atoms with Crippen LogP contribution in [-0.4, -0.2) is 24.4 Å². The second-order valence-corrected chi connectivity index (χ2v) is 5.14. The highest BCUT2D eigenvalue weighted by Gasteiger charge is 2.43. The minimum Gasteiger partial charge on any atom is -0.387 e. The Morgan fingerprint density at radius 1 is 1.53 bits per heavy atom. The summed E-state index contributed by atoms with van der Waals surface area (Å²) in [6, 6.07) is 4.56. The Morgan fingerprint density at radius 2 is 2.24 bits per heavy atom. The highest BCUT2D eigenvalue weighted by Crippen LogP contribution is 2.41. The lowest BCUT2D eigenvalue weighted by Crippen LogP contribution is -2.39. The molecule has 1 unspecified atom stereocenters. The maximum Gasteiger partial charge on any atom is 0.141 e. The Bertz CT molecular complexity index is 406. The molecule has 0 amide bonds. The molecule has 0 bridgehead atoms. The summed E-state index contributed by atoms with van der Waals surface area (Å²) in [4.78, 5) is 0. The van der Waals surface area contributed by atoms with Crippen LogP contribution in [0.4, 0.5) is 4.39 Å². The van der Waals surface area contributed by atoms with Crippen molar-refractivity contribution in [3.05, 3.63) is 34.6 Å². The van der Waals surface area contributed by atoms with Crippen molar-refractivity contribution in [2.75, 3.05) is 13.7 Å². The zero-order chi connectivity index (χ0) is 12.5. The van der Waals surface area contributed by atoms with Crippen LogP contribution in [-0.2, 0) is 11.2 Å². The van der Waals surface area contributed by atoms with Gasteiger partial charge < -0.3 is 9.84 Å². The second kappa shape index (κ2) is 4.92. The van der Waals surface area contributed by atoms with Crippen LogP contribution in [0, 0.1) is 11.7 Å². The Morgan fingerprint density at radius 3 is 2.76 bits per heavy atom. The van der Waals surface area contributed by atoms with Gasteiger partial charge in [-0.15, -0.1) is 0 Å². The normalized spacial score (nSPS) is 19.1. The molecule has 0 spiro atoms. The quantitative estimate of drug-likeness (QED) is 0.880. The van der Waals surface area contributed by atoms with E-state index in [1.54, 1.807) is 19.2 Å². The molecule has 1 aromatic rings. The Hall–Kier alpha value is -0.640. The molecule has 1 aliphatic rings. The third kappa shape index (κ3) is 2.97. The van der Waals surface area contributed by atoms with Crippen molar-refractivity contribution in [1.82, 2.24) is 0 Å². The van der Waals surface area contributed by atoms with Crippen LogP contribution in [0.2, 0.25) is 5.02 Å². The van der Waals surface area contributed by atoms with Crippen molar-refractivity contribution in [2.24, 2.45) is 5.92 Å². The van der Waals surface area contributed by atoms with Gasteiger partial charge in [0.15, 0.2) is 0 Å². The van der Waals surface area contributed by atoms with Gasteiger partial charge in [0, 0.05) is 13.5 Å². The number of rotatable bonds is 5. The van der Waals surface area contributed by atoms with E-state index in [1.807, 2.05) is 0 Å². The predicted octanol–water partition coefficient (Wildman–Crippen LogP) is 2.81. The highest BCUT2D eigenvalue weighted by molar-refractivity contribution is 6.30. The number of hydrogen-bond donors (Lipinski definition) is 1. The van der Waals surface area contributed by atoms with E-state index in [2.05, 4.69) is 0 Å². The van der Waals surface area contributed by atoms with Crippen molar-refractivity contribution < 1.29 is 14.2 Å². The van der Waals surface area contributed by atoms with Gasteiger partial charge in [-0.1, -0.05) is 17.7 Å². The first-order chi connectivity index (χ1) is 8.05. The summed E-state index contributed by atoms with van der Waals surface area (Å²) in [6.07, 6.45) is 2.50. The standard InChI is InChI=1S/C13H16ClFO2/c1-17-8-13(16,10-3-4-10)7-9-2-5-12(15)11(14)6-9/h2,5-6,10,16H,3-4,7-8H2,1H3. The molecule has 4 heteroatoms. The van der Waals surface area contributed by atoms with E-state index >= 15 is 0 Å². The van der Waals surface area contributed by atoms with E-state index in [0.717, 1.165) is 18.4 Å². The molecule has 0 aromatic heterocycles. The minimum absolute atomic E-state index is 0.0954. The maximum atomic E-state index is 13.0. The van der Waals surface area contributed by atoms with Gasteiger partial charge in [-0.25, -0.2) is 4.39 Å². The van der Waals surface area contributed by atoms with Gasteiger partial charge in [0.05, 0.1) is 17.2 Å². The zero-order valence-corrected chi connectivity index (χ0v) is 10.5. The molecule has 1 saturated carbocycles. The number of ether oxygens (including phenoxy) is 1. The fourth-order valence-electron chi connectivity index (χ4n) is 2.19. The summed E-state index contributed by atoms with van der Waals surface area (Å²) in [5.41, 5.74) is -0.0153. The summed E-state index contributed by atoms with van der Waals surface area (Å²) < 4.78 is 18.1. The smallest absolute Gasteiger partial charge is 0.141 e. The van der Waals surface area contributed by atoms with Crippen LogP contribution in [0.1, 0.15) is 18.4 Å². The minimum atomic E-state index is -0.851. The summed E-state index contributed by atoms with van der Waals surface area (Å²) in [5, 5.41) is 10.6. The number of aliphatic hydroxyl groups is 1. The third-order valence-electron chi connectivity index (χ3n) is 3.23. The lowest BCUT2D eigenvalue weighted by Gasteiger charge is -2.27. The van der Waals surface area contributed by atoms with Gasteiger partial charge in [0.1, 0.15) is 5.82 Å². The second-order valence-electron chi connectivity index (χ2n) is 4.74. The van der Waals surface area contributed by atoms with Crippen molar-refractivity contribution >= 4 is 11.6 Å². The SMILES string of the molecule is COCC(O)(Cc1ccc(F)c(Cl)c1)C1CC1. The molecule has 1 aromatic carbocycles. The predicted molar refractivity (Wildman–Crippen MR) is 64.7 cm³/mol. The fraction of sp³-hybridized carbons (Fsp3) is 0.538. The molecule has 1 N–H and O–H groups in total. The van der Waals surface area contributed by atoms with E-state index in [0.29, 0.717) is 13.0 Å². The molecule has 2 nitrogen and oxygen atoms in total. The molecule has 17 heavy (non-hydrogen) atoms. The van der Waals surface area contributed by atoms with E-state index in [9.17, 15) is 9.50 Å². The molecule has 0 heterocycles. The van der Waals surface area contributed by atoms with Gasteiger partial charge in [-0.05, 0) is 36.5 Å². The van der Waals surface area contributed by atoms with E-state index in [-0.39, 0.29) is 10.9 Å².